The molecule has 0 bridgehead atoms. The Balaban J connectivity index is 2.05. The van der Waals surface area contributed by atoms with Gasteiger partial charge in [-0.1, -0.05) is 51.1 Å². The van der Waals surface area contributed by atoms with Crippen molar-refractivity contribution in [1.29, 1.82) is 0 Å². The van der Waals surface area contributed by atoms with E-state index in [-0.39, 0.29) is 0 Å². The van der Waals surface area contributed by atoms with Crippen LogP contribution in [0.25, 0.3) is 0 Å². The lowest BCUT2D eigenvalue weighted by Crippen LogP contribution is -2.38. The van der Waals surface area contributed by atoms with Crippen LogP contribution >= 0.6 is 0 Å². The van der Waals surface area contributed by atoms with Gasteiger partial charge >= 0.3 is 0 Å². The van der Waals surface area contributed by atoms with Gasteiger partial charge in [-0.2, -0.15) is 0 Å². The summed E-state index contributed by atoms with van der Waals surface area (Å²) < 4.78 is 0. The zero-order valence-corrected chi connectivity index (χ0v) is 13.3. The molecule has 1 fully saturated rings. The van der Waals surface area contributed by atoms with Crippen LogP contribution in [0.2, 0.25) is 0 Å². The summed E-state index contributed by atoms with van der Waals surface area (Å²) in [5.41, 5.74) is 1.46. The van der Waals surface area contributed by atoms with Gasteiger partial charge in [0.1, 0.15) is 0 Å². The first-order chi connectivity index (χ1) is 9.72. The minimum absolute atomic E-state index is 0.530. The Morgan fingerprint density at radius 3 is 2.40 bits per heavy atom. The van der Waals surface area contributed by atoms with Gasteiger partial charge in [0, 0.05) is 18.6 Å². The maximum Gasteiger partial charge on any atom is 0.0475 e. The SMILES string of the molecule is CCCN(C1CC1)C(CNCC(C)C)c1ccccc1. The van der Waals surface area contributed by atoms with Gasteiger partial charge in [-0.15, -0.1) is 0 Å². The van der Waals surface area contributed by atoms with E-state index < -0.39 is 0 Å². The molecule has 0 aromatic heterocycles. The molecule has 0 spiro atoms. The Morgan fingerprint density at radius 1 is 1.15 bits per heavy atom. The van der Waals surface area contributed by atoms with E-state index in [4.69, 9.17) is 0 Å². The summed E-state index contributed by atoms with van der Waals surface area (Å²) in [6.07, 6.45) is 4.01. The predicted molar refractivity (Wildman–Crippen MR) is 86.9 cm³/mol. The van der Waals surface area contributed by atoms with Crippen molar-refractivity contribution in [2.24, 2.45) is 5.92 Å². The molecule has 1 unspecified atom stereocenters. The van der Waals surface area contributed by atoms with Crippen LogP contribution in [-0.2, 0) is 0 Å². The fourth-order valence-electron chi connectivity index (χ4n) is 2.87. The fourth-order valence-corrected chi connectivity index (χ4v) is 2.87. The van der Waals surface area contributed by atoms with Crippen molar-refractivity contribution in [3.05, 3.63) is 35.9 Å². The van der Waals surface area contributed by atoms with E-state index >= 15 is 0 Å². The van der Waals surface area contributed by atoms with E-state index in [1.54, 1.807) is 0 Å². The van der Waals surface area contributed by atoms with Crippen molar-refractivity contribution >= 4 is 0 Å². The third-order valence-corrected chi connectivity index (χ3v) is 3.97. The normalized spacial score (nSPS) is 16.9. The molecule has 1 aromatic carbocycles. The topological polar surface area (TPSA) is 15.3 Å². The van der Waals surface area contributed by atoms with Crippen LogP contribution in [0, 0.1) is 5.92 Å². The van der Waals surface area contributed by atoms with Gasteiger partial charge < -0.3 is 5.32 Å². The zero-order valence-electron chi connectivity index (χ0n) is 13.3. The summed E-state index contributed by atoms with van der Waals surface area (Å²) in [5, 5.41) is 3.66. The molecule has 0 amide bonds. The van der Waals surface area contributed by atoms with E-state index in [0.717, 1.165) is 19.1 Å². The summed E-state index contributed by atoms with van der Waals surface area (Å²) in [5.74, 6) is 0.715. The van der Waals surface area contributed by atoms with E-state index in [0.29, 0.717) is 12.0 Å². The van der Waals surface area contributed by atoms with Gasteiger partial charge in [0.05, 0.1) is 0 Å². The average molecular weight is 274 g/mol. The molecule has 112 valence electrons. The molecule has 1 saturated carbocycles. The Bertz CT molecular complexity index is 370. The highest BCUT2D eigenvalue weighted by Crippen LogP contribution is 2.34. The van der Waals surface area contributed by atoms with E-state index in [9.17, 15) is 0 Å². The van der Waals surface area contributed by atoms with Crippen molar-refractivity contribution in [3.63, 3.8) is 0 Å². The molecule has 1 aromatic rings. The van der Waals surface area contributed by atoms with Crippen molar-refractivity contribution in [3.8, 4) is 0 Å². The Labute approximate surface area is 124 Å². The third-order valence-electron chi connectivity index (χ3n) is 3.97. The van der Waals surface area contributed by atoms with E-state index in [1.165, 1.54) is 31.4 Å². The quantitative estimate of drug-likeness (QED) is 0.736. The van der Waals surface area contributed by atoms with Crippen molar-refractivity contribution < 1.29 is 0 Å². The monoisotopic (exact) mass is 274 g/mol. The highest BCUT2D eigenvalue weighted by Gasteiger charge is 2.33. The molecule has 0 heterocycles. The molecule has 2 rings (SSSR count). The van der Waals surface area contributed by atoms with Crippen LogP contribution in [-0.4, -0.2) is 30.6 Å². The second-order valence-electron chi connectivity index (χ2n) is 6.45. The number of benzene rings is 1. The lowest BCUT2D eigenvalue weighted by Gasteiger charge is -2.32. The molecule has 0 radical (unpaired) electrons. The van der Waals surface area contributed by atoms with Gasteiger partial charge in [-0.3, -0.25) is 4.90 Å². The number of rotatable bonds is 9. The molecule has 20 heavy (non-hydrogen) atoms. The van der Waals surface area contributed by atoms with Crippen LogP contribution in [0.3, 0.4) is 0 Å². The van der Waals surface area contributed by atoms with Crippen molar-refractivity contribution in [1.82, 2.24) is 10.2 Å². The molecule has 0 aliphatic heterocycles. The molecular weight excluding hydrogens is 244 g/mol. The third kappa shape index (κ3) is 4.60. The number of nitrogens with zero attached hydrogens (tertiary/aromatic N) is 1. The van der Waals surface area contributed by atoms with E-state index in [1.807, 2.05) is 0 Å². The van der Waals surface area contributed by atoms with Crippen LogP contribution in [0.15, 0.2) is 30.3 Å². The summed E-state index contributed by atoms with van der Waals surface area (Å²) >= 11 is 0. The minimum Gasteiger partial charge on any atom is -0.315 e. The second kappa shape index (κ2) is 7.80. The summed E-state index contributed by atoms with van der Waals surface area (Å²) in [7, 11) is 0. The lowest BCUT2D eigenvalue weighted by atomic mass is 10.0. The smallest absolute Gasteiger partial charge is 0.0475 e. The predicted octanol–water partition coefficient (Wildman–Crippen LogP) is 3.85. The first kappa shape index (κ1) is 15.5. The molecule has 2 heteroatoms. The minimum atomic E-state index is 0.530. The molecule has 2 nitrogen and oxygen atoms in total. The summed E-state index contributed by atoms with van der Waals surface area (Å²) in [4.78, 5) is 2.72. The standard InChI is InChI=1S/C18H30N2/c1-4-12-20(17-10-11-17)18(14-19-13-15(2)3)16-8-6-5-7-9-16/h5-9,15,17-19H,4,10-14H2,1-3H3. The first-order valence-corrected chi connectivity index (χ1v) is 8.23. The Kier molecular flexibility index (Phi) is 6.06. The highest BCUT2D eigenvalue weighted by atomic mass is 15.2. The lowest BCUT2D eigenvalue weighted by molar-refractivity contribution is 0.181. The van der Waals surface area contributed by atoms with Crippen LogP contribution < -0.4 is 5.32 Å². The Hall–Kier alpha value is -0.860. The molecule has 1 aliphatic carbocycles. The average Bonchev–Trinajstić information content (AvgIpc) is 3.27. The molecule has 0 saturated heterocycles. The van der Waals surface area contributed by atoms with Crippen LogP contribution in [0.1, 0.15) is 51.6 Å². The van der Waals surface area contributed by atoms with Crippen LogP contribution in [0.4, 0.5) is 0 Å². The van der Waals surface area contributed by atoms with Gasteiger partial charge in [-0.25, -0.2) is 0 Å². The summed E-state index contributed by atoms with van der Waals surface area (Å²) in [6, 6.07) is 12.4. The second-order valence-corrected chi connectivity index (χ2v) is 6.45. The van der Waals surface area contributed by atoms with Crippen LogP contribution in [0.5, 0.6) is 0 Å². The van der Waals surface area contributed by atoms with Crippen molar-refractivity contribution in [2.75, 3.05) is 19.6 Å². The number of hydrogen-bond acceptors (Lipinski definition) is 2. The van der Waals surface area contributed by atoms with Gasteiger partial charge in [0.2, 0.25) is 0 Å². The largest absolute Gasteiger partial charge is 0.315 e. The number of hydrogen-bond donors (Lipinski definition) is 1. The van der Waals surface area contributed by atoms with Gasteiger partial charge in [-0.05, 0) is 43.8 Å². The molecular formula is C18H30N2. The molecule has 1 aliphatic rings. The summed E-state index contributed by atoms with van der Waals surface area (Å²) in [6.45, 7) is 10.2. The molecule has 1 atom stereocenters. The fraction of sp³-hybridized carbons (Fsp3) is 0.667. The maximum atomic E-state index is 3.66. The highest BCUT2D eigenvalue weighted by molar-refractivity contribution is 5.20. The molecule has 1 N–H and O–H groups in total. The first-order valence-electron chi connectivity index (χ1n) is 8.23. The maximum absolute atomic E-state index is 3.66. The van der Waals surface area contributed by atoms with E-state index in [2.05, 4.69) is 61.3 Å². The zero-order chi connectivity index (χ0) is 14.4. The van der Waals surface area contributed by atoms with Gasteiger partial charge in [0.25, 0.3) is 0 Å². The van der Waals surface area contributed by atoms with Crippen molar-refractivity contribution in [2.45, 2.75) is 52.1 Å². The Morgan fingerprint density at radius 2 is 1.85 bits per heavy atom. The van der Waals surface area contributed by atoms with Gasteiger partial charge in [0.15, 0.2) is 0 Å². The number of nitrogens with one attached hydrogen (secondary N) is 1.